The Balaban J connectivity index is 1.71. The predicted molar refractivity (Wildman–Crippen MR) is 107 cm³/mol. The average molecular weight is 390 g/mol. The van der Waals surface area contributed by atoms with Gasteiger partial charge < -0.3 is 9.32 Å². The molecule has 1 saturated heterocycles. The lowest BCUT2D eigenvalue weighted by Gasteiger charge is -2.20. The number of aryl methyl sites for hydroxylation is 1. The molecule has 27 heavy (non-hydrogen) atoms. The van der Waals surface area contributed by atoms with Crippen molar-refractivity contribution in [3.63, 3.8) is 0 Å². The standard InChI is InChI=1S/C19H27N5O2S/c1-3-5-7-10-17-21-22-18(27-17)24-16(20-13-15-9-8-12-26-15)14-23(19(24)25)11-6-4-2/h4,8-9,12,16,20H,2-3,5-7,10-11,13-14H2,1H3. The smallest absolute Gasteiger partial charge is 0.327 e. The Morgan fingerprint density at radius 2 is 2.33 bits per heavy atom. The number of amides is 2. The van der Waals surface area contributed by atoms with E-state index in [2.05, 4.69) is 29.0 Å². The van der Waals surface area contributed by atoms with Crippen molar-refractivity contribution >= 4 is 22.5 Å². The van der Waals surface area contributed by atoms with Crippen molar-refractivity contribution in [3.05, 3.63) is 41.8 Å². The fourth-order valence-electron chi connectivity index (χ4n) is 3.06. The number of hydrogen-bond acceptors (Lipinski definition) is 6. The van der Waals surface area contributed by atoms with Crippen LogP contribution in [0, 0.1) is 0 Å². The van der Waals surface area contributed by atoms with E-state index in [1.54, 1.807) is 11.2 Å². The molecule has 8 heteroatoms. The monoisotopic (exact) mass is 389 g/mol. The van der Waals surface area contributed by atoms with Crippen molar-refractivity contribution in [2.75, 3.05) is 18.0 Å². The zero-order valence-electron chi connectivity index (χ0n) is 15.8. The van der Waals surface area contributed by atoms with Crippen LogP contribution in [0.3, 0.4) is 0 Å². The highest BCUT2D eigenvalue weighted by molar-refractivity contribution is 7.15. The minimum atomic E-state index is -0.163. The van der Waals surface area contributed by atoms with Crippen LogP contribution >= 0.6 is 11.3 Å². The van der Waals surface area contributed by atoms with Crippen LogP contribution in [0.5, 0.6) is 0 Å². The Kier molecular flexibility index (Phi) is 7.00. The molecule has 1 aliphatic heterocycles. The highest BCUT2D eigenvalue weighted by atomic mass is 32.1. The predicted octanol–water partition coefficient (Wildman–Crippen LogP) is 3.80. The number of hydrogen-bond donors (Lipinski definition) is 1. The normalized spacial score (nSPS) is 17.1. The number of nitrogens with zero attached hydrogens (tertiary/aromatic N) is 4. The summed E-state index contributed by atoms with van der Waals surface area (Å²) in [5.41, 5.74) is 0. The van der Waals surface area contributed by atoms with E-state index in [4.69, 9.17) is 4.42 Å². The lowest BCUT2D eigenvalue weighted by atomic mass is 10.2. The zero-order chi connectivity index (χ0) is 19.1. The first-order valence-corrected chi connectivity index (χ1v) is 10.3. The van der Waals surface area contributed by atoms with E-state index in [0.29, 0.717) is 24.8 Å². The van der Waals surface area contributed by atoms with Gasteiger partial charge in [0.1, 0.15) is 16.9 Å². The highest BCUT2D eigenvalue weighted by Gasteiger charge is 2.39. The third-order valence-corrected chi connectivity index (χ3v) is 5.52. The Bertz CT molecular complexity index is 730. The molecule has 0 spiro atoms. The molecular weight excluding hydrogens is 362 g/mol. The maximum atomic E-state index is 12.9. The van der Waals surface area contributed by atoms with Gasteiger partial charge in [-0.3, -0.25) is 10.2 Å². The van der Waals surface area contributed by atoms with Gasteiger partial charge in [-0.1, -0.05) is 37.2 Å². The summed E-state index contributed by atoms with van der Waals surface area (Å²) >= 11 is 1.51. The number of furan rings is 1. The van der Waals surface area contributed by atoms with Crippen molar-refractivity contribution in [2.24, 2.45) is 0 Å². The highest BCUT2D eigenvalue weighted by Crippen LogP contribution is 2.28. The summed E-state index contributed by atoms with van der Waals surface area (Å²) in [5, 5.41) is 13.7. The lowest BCUT2D eigenvalue weighted by Crippen LogP contribution is -2.44. The molecule has 1 aliphatic rings. The molecule has 2 aromatic rings. The van der Waals surface area contributed by atoms with Gasteiger partial charge in [-0.15, -0.1) is 16.8 Å². The number of carbonyl (C=O) groups is 1. The number of carbonyl (C=O) groups excluding carboxylic acids is 1. The van der Waals surface area contributed by atoms with E-state index in [-0.39, 0.29) is 12.2 Å². The van der Waals surface area contributed by atoms with Crippen LogP contribution in [0.4, 0.5) is 9.93 Å². The SMILES string of the molecule is C=CCCN1CC(NCc2ccco2)N(c2nnc(CCCCC)s2)C1=O. The van der Waals surface area contributed by atoms with Gasteiger partial charge in [0.25, 0.3) is 0 Å². The minimum Gasteiger partial charge on any atom is -0.468 e. The van der Waals surface area contributed by atoms with Gasteiger partial charge in [-0.2, -0.15) is 0 Å². The number of nitrogens with one attached hydrogen (secondary N) is 1. The zero-order valence-corrected chi connectivity index (χ0v) is 16.6. The Hall–Kier alpha value is -2.19. The molecule has 2 aromatic heterocycles. The van der Waals surface area contributed by atoms with Crippen LogP contribution in [0.1, 0.15) is 43.4 Å². The summed E-state index contributed by atoms with van der Waals surface area (Å²) < 4.78 is 5.39. The van der Waals surface area contributed by atoms with Gasteiger partial charge in [-0.05, 0) is 25.0 Å². The van der Waals surface area contributed by atoms with Gasteiger partial charge in [0.15, 0.2) is 0 Å². The number of unbranched alkanes of at least 4 members (excludes halogenated alkanes) is 2. The van der Waals surface area contributed by atoms with Crippen LogP contribution < -0.4 is 10.2 Å². The second-order valence-corrected chi connectivity index (χ2v) is 7.63. The van der Waals surface area contributed by atoms with Crippen LogP contribution in [-0.2, 0) is 13.0 Å². The molecule has 0 saturated carbocycles. The van der Waals surface area contributed by atoms with Crippen LogP contribution in [0.25, 0.3) is 0 Å². The van der Waals surface area contributed by atoms with Gasteiger partial charge >= 0.3 is 6.03 Å². The van der Waals surface area contributed by atoms with Crippen LogP contribution in [0.2, 0.25) is 0 Å². The summed E-state index contributed by atoms with van der Waals surface area (Å²) in [4.78, 5) is 16.5. The molecule has 1 atom stereocenters. The fraction of sp³-hybridized carbons (Fsp3) is 0.526. The number of aromatic nitrogens is 2. The van der Waals surface area contributed by atoms with Crippen LogP contribution in [0.15, 0.2) is 35.5 Å². The van der Waals surface area contributed by atoms with Crippen LogP contribution in [-0.4, -0.2) is 40.4 Å². The van der Waals surface area contributed by atoms with Gasteiger partial charge in [0, 0.05) is 13.0 Å². The molecule has 0 aromatic carbocycles. The van der Waals surface area contributed by atoms with E-state index in [0.717, 1.165) is 30.0 Å². The largest absolute Gasteiger partial charge is 0.468 e. The molecule has 3 rings (SSSR count). The van der Waals surface area contributed by atoms with Gasteiger partial charge in [-0.25, -0.2) is 4.79 Å². The van der Waals surface area contributed by atoms with Crippen molar-refractivity contribution in [1.82, 2.24) is 20.4 Å². The first-order valence-electron chi connectivity index (χ1n) is 9.50. The molecule has 2 amide bonds. The van der Waals surface area contributed by atoms with E-state index in [1.807, 2.05) is 23.1 Å². The fourth-order valence-corrected chi connectivity index (χ4v) is 3.98. The molecular formula is C19H27N5O2S. The second kappa shape index (κ2) is 9.66. The molecule has 146 valence electrons. The maximum absolute atomic E-state index is 12.9. The molecule has 0 bridgehead atoms. The molecule has 1 fully saturated rings. The summed E-state index contributed by atoms with van der Waals surface area (Å²) in [6.45, 7) is 7.74. The molecule has 1 unspecified atom stereocenters. The lowest BCUT2D eigenvalue weighted by molar-refractivity contribution is 0.221. The molecule has 3 heterocycles. The van der Waals surface area contributed by atoms with Gasteiger partial charge in [0.05, 0.1) is 19.4 Å². The Morgan fingerprint density at radius 1 is 1.44 bits per heavy atom. The van der Waals surface area contributed by atoms with Crippen molar-refractivity contribution in [2.45, 2.75) is 51.7 Å². The first-order chi connectivity index (χ1) is 13.2. The molecule has 0 radical (unpaired) electrons. The first kappa shape index (κ1) is 19.6. The number of rotatable bonds is 11. The van der Waals surface area contributed by atoms with E-state index in [9.17, 15) is 4.79 Å². The van der Waals surface area contributed by atoms with Crippen molar-refractivity contribution in [1.29, 1.82) is 0 Å². The number of anilines is 1. The van der Waals surface area contributed by atoms with Crippen molar-refractivity contribution < 1.29 is 9.21 Å². The summed E-state index contributed by atoms with van der Waals surface area (Å²) in [7, 11) is 0. The summed E-state index contributed by atoms with van der Waals surface area (Å²) in [6.07, 6.45) is 8.46. The quantitative estimate of drug-likeness (QED) is 0.467. The maximum Gasteiger partial charge on any atom is 0.327 e. The molecule has 0 aliphatic carbocycles. The average Bonchev–Trinajstić information content (AvgIpc) is 3.39. The third kappa shape index (κ3) is 4.95. The van der Waals surface area contributed by atoms with Gasteiger partial charge in [0.2, 0.25) is 5.13 Å². The molecule has 1 N–H and O–H groups in total. The number of urea groups is 1. The van der Waals surface area contributed by atoms with E-state index in [1.165, 1.54) is 24.2 Å². The topological polar surface area (TPSA) is 74.5 Å². The Labute approximate surface area is 164 Å². The summed E-state index contributed by atoms with van der Waals surface area (Å²) in [5.74, 6) is 0.837. The van der Waals surface area contributed by atoms with E-state index < -0.39 is 0 Å². The third-order valence-electron chi connectivity index (χ3n) is 4.53. The Morgan fingerprint density at radius 3 is 3.07 bits per heavy atom. The minimum absolute atomic E-state index is 0.0370. The van der Waals surface area contributed by atoms with E-state index >= 15 is 0 Å². The van der Waals surface area contributed by atoms with Crippen molar-refractivity contribution in [3.8, 4) is 0 Å². The molecule has 7 nitrogen and oxygen atoms in total. The summed E-state index contributed by atoms with van der Waals surface area (Å²) in [6, 6.07) is 3.74. The second-order valence-electron chi connectivity index (χ2n) is 6.59.